The predicted molar refractivity (Wildman–Crippen MR) is 124 cm³/mol. The maximum atomic E-state index is 13.7. The highest BCUT2D eigenvalue weighted by Gasteiger charge is 2.76. The first-order valence-corrected chi connectivity index (χ1v) is 12.6. The molecule has 2 amide bonds. The number of benzene rings is 1. The molecule has 2 bridgehead atoms. The fourth-order valence-electron chi connectivity index (χ4n) is 6.11. The average molecular weight is 488 g/mol. The number of aliphatic hydroxyl groups excluding tert-OH is 1. The molecule has 182 valence electrons. The number of hydrogen-bond donors (Lipinski definition) is 2. The molecule has 3 fully saturated rings. The Bertz CT molecular complexity index is 1140. The van der Waals surface area contributed by atoms with Crippen LogP contribution in [0.1, 0.15) is 27.2 Å². The number of nitrogens with zero attached hydrogens (tertiary/aromatic N) is 4. The lowest BCUT2D eigenvalue weighted by Crippen LogP contribution is -2.58. The minimum atomic E-state index is -0.814. The lowest BCUT2D eigenvalue weighted by Gasteiger charge is -2.39. The van der Waals surface area contributed by atoms with Crippen molar-refractivity contribution in [2.45, 2.75) is 55.9 Å². The third kappa shape index (κ3) is 3.16. The van der Waals surface area contributed by atoms with Crippen molar-refractivity contribution in [3.8, 4) is 0 Å². The van der Waals surface area contributed by atoms with Gasteiger partial charge in [0, 0.05) is 5.25 Å². The van der Waals surface area contributed by atoms with E-state index in [1.54, 1.807) is 30.3 Å². The molecule has 7 atom stereocenters. The molecule has 3 aliphatic rings. The summed E-state index contributed by atoms with van der Waals surface area (Å²) in [5.74, 6) is -2.14. The number of ether oxygens (including phenoxy) is 1. The van der Waals surface area contributed by atoms with Crippen LogP contribution in [-0.4, -0.2) is 78.1 Å². The summed E-state index contributed by atoms with van der Waals surface area (Å²) < 4.78 is 6.18. The van der Waals surface area contributed by atoms with E-state index in [0.29, 0.717) is 0 Å². The summed E-state index contributed by atoms with van der Waals surface area (Å²) in [5.41, 5.74) is 1.51. The minimum absolute atomic E-state index is 0.0426. The second kappa shape index (κ2) is 8.53. The molecule has 4 heterocycles. The fourth-order valence-corrected chi connectivity index (χ4v) is 8.51. The number of likely N-dealkylation sites (tertiary alicyclic amines) is 1. The Labute approximate surface area is 201 Å². The number of carbonyl (C=O) groups is 3. The molecule has 0 saturated carbocycles. The van der Waals surface area contributed by atoms with Gasteiger partial charge in [-0.2, -0.15) is 0 Å². The van der Waals surface area contributed by atoms with Crippen molar-refractivity contribution in [3.63, 3.8) is 0 Å². The summed E-state index contributed by atoms with van der Waals surface area (Å²) in [5, 5.41) is 21.0. The predicted octanol–water partition coefficient (Wildman–Crippen LogP) is 0.786. The number of rotatable bonds is 7. The van der Waals surface area contributed by atoms with Gasteiger partial charge in [0.1, 0.15) is 18.2 Å². The molecule has 1 aromatic carbocycles. The number of hydrogen-bond acceptors (Lipinski definition) is 8. The molecule has 3 saturated heterocycles. The molecule has 1 aromatic heterocycles. The zero-order valence-electron chi connectivity index (χ0n) is 19.4. The third-order valence-electron chi connectivity index (χ3n) is 7.55. The maximum Gasteiger partial charge on any atom is 0.310 e. The van der Waals surface area contributed by atoms with Crippen LogP contribution in [0.25, 0.3) is 11.0 Å². The Kier molecular flexibility index (Phi) is 5.79. The van der Waals surface area contributed by atoms with Crippen LogP contribution in [0.2, 0.25) is 0 Å². The number of thioether (sulfide) groups is 1. The van der Waals surface area contributed by atoms with Gasteiger partial charge < -0.3 is 20.1 Å². The van der Waals surface area contributed by atoms with E-state index in [1.165, 1.54) is 4.90 Å². The van der Waals surface area contributed by atoms with Gasteiger partial charge >= 0.3 is 5.97 Å². The molecule has 0 aliphatic carbocycles. The molecule has 2 N–H and O–H groups in total. The maximum absolute atomic E-state index is 13.7. The van der Waals surface area contributed by atoms with Gasteiger partial charge in [0.2, 0.25) is 11.8 Å². The van der Waals surface area contributed by atoms with Crippen LogP contribution in [0, 0.1) is 17.8 Å². The van der Waals surface area contributed by atoms with E-state index in [9.17, 15) is 19.5 Å². The molecule has 3 unspecified atom stereocenters. The fraction of sp³-hybridized carbons (Fsp3) is 0.609. The van der Waals surface area contributed by atoms with Crippen LogP contribution in [0.3, 0.4) is 0 Å². The van der Waals surface area contributed by atoms with Gasteiger partial charge in [-0.25, -0.2) is 4.68 Å². The smallest absolute Gasteiger partial charge is 0.310 e. The molecule has 11 heteroatoms. The van der Waals surface area contributed by atoms with Crippen molar-refractivity contribution in [1.29, 1.82) is 0 Å². The molecule has 3 aliphatic heterocycles. The summed E-state index contributed by atoms with van der Waals surface area (Å²) in [6.45, 7) is 5.57. The van der Waals surface area contributed by atoms with Crippen molar-refractivity contribution in [2.24, 2.45) is 17.8 Å². The quantitative estimate of drug-likeness (QED) is 0.549. The van der Waals surface area contributed by atoms with E-state index in [4.69, 9.17) is 4.74 Å². The Morgan fingerprint density at radius 1 is 1.38 bits per heavy atom. The Morgan fingerprint density at radius 2 is 2.15 bits per heavy atom. The summed E-state index contributed by atoms with van der Waals surface area (Å²) in [6.07, 6.45) is 0.733. The SMILES string of the molecule is CCOC(=O)[C@@H]1[C@H]2C(=O)N([C@H](C)CO)C(C(=O)NCn3nnc4ccccc43)C23S[C@@H]1CC3C. The number of amides is 2. The zero-order chi connectivity index (χ0) is 24.2. The first-order chi connectivity index (χ1) is 16.3. The first-order valence-electron chi connectivity index (χ1n) is 11.7. The number of para-hydroxylation sites is 1. The number of fused-ring (bicyclic) bond motifs is 2. The normalized spacial score (nSPS) is 32.8. The van der Waals surface area contributed by atoms with Crippen molar-refractivity contribution in [2.75, 3.05) is 13.2 Å². The second-order valence-corrected chi connectivity index (χ2v) is 10.9. The van der Waals surface area contributed by atoms with Gasteiger partial charge in [-0.3, -0.25) is 14.4 Å². The highest BCUT2D eigenvalue weighted by atomic mass is 32.2. The molecular formula is C23H29N5O5S. The van der Waals surface area contributed by atoms with E-state index >= 15 is 0 Å². The van der Waals surface area contributed by atoms with Crippen LogP contribution < -0.4 is 5.32 Å². The first kappa shape index (κ1) is 23.1. The van der Waals surface area contributed by atoms with E-state index < -0.39 is 28.7 Å². The van der Waals surface area contributed by atoms with Crippen LogP contribution in [-0.2, 0) is 25.8 Å². The highest BCUT2D eigenvalue weighted by Crippen LogP contribution is 2.68. The van der Waals surface area contributed by atoms with Gasteiger partial charge in [-0.1, -0.05) is 24.3 Å². The highest BCUT2D eigenvalue weighted by molar-refractivity contribution is 8.02. The number of esters is 1. The molecule has 2 aromatic rings. The average Bonchev–Trinajstić information content (AvgIpc) is 3.54. The molecule has 1 spiro atoms. The van der Waals surface area contributed by atoms with E-state index in [0.717, 1.165) is 17.5 Å². The van der Waals surface area contributed by atoms with E-state index in [1.807, 2.05) is 31.2 Å². The van der Waals surface area contributed by atoms with Gasteiger partial charge in [0.25, 0.3) is 0 Å². The van der Waals surface area contributed by atoms with Crippen molar-refractivity contribution in [1.82, 2.24) is 25.2 Å². The third-order valence-corrected chi connectivity index (χ3v) is 9.63. The Hall–Kier alpha value is -2.66. The van der Waals surface area contributed by atoms with Crippen LogP contribution in [0.5, 0.6) is 0 Å². The second-order valence-electron chi connectivity index (χ2n) is 9.36. The molecular weight excluding hydrogens is 458 g/mol. The summed E-state index contributed by atoms with van der Waals surface area (Å²) in [4.78, 5) is 41.9. The largest absolute Gasteiger partial charge is 0.466 e. The van der Waals surface area contributed by atoms with Crippen LogP contribution in [0.4, 0.5) is 0 Å². The molecule has 34 heavy (non-hydrogen) atoms. The summed E-state index contributed by atoms with van der Waals surface area (Å²) in [6, 6.07) is 6.08. The van der Waals surface area contributed by atoms with Crippen molar-refractivity contribution >= 4 is 40.6 Å². The van der Waals surface area contributed by atoms with E-state index in [2.05, 4.69) is 15.6 Å². The number of nitrogens with one attached hydrogen (secondary N) is 1. The van der Waals surface area contributed by atoms with E-state index in [-0.39, 0.29) is 48.8 Å². The lowest BCUT2D eigenvalue weighted by atomic mass is 9.66. The molecule has 10 nitrogen and oxygen atoms in total. The monoisotopic (exact) mass is 487 g/mol. The van der Waals surface area contributed by atoms with Gasteiger partial charge in [0.15, 0.2) is 0 Å². The Balaban J connectivity index is 1.48. The van der Waals surface area contributed by atoms with Crippen LogP contribution >= 0.6 is 11.8 Å². The summed E-state index contributed by atoms with van der Waals surface area (Å²) >= 11 is 1.58. The zero-order valence-corrected chi connectivity index (χ0v) is 20.2. The topological polar surface area (TPSA) is 127 Å². The minimum Gasteiger partial charge on any atom is -0.466 e. The van der Waals surface area contributed by atoms with Gasteiger partial charge in [-0.15, -0.1) is 16.9 Å². The van der Waals surface area contributed by atoms with Gasteiger partial charge in [0.05, 0.1) is 41.4 Å². The van der Waals surface area contributed by atoms with Gasteiger partial charge in [-0.05, 0) is 38.3 Å². The van der Waals surface area contributed by atoms with Crippen molar-refractivity contribution in [3.05, 3.63) is 24.3 Å². The lowest BCUT2D eigenvalue weighted by molar-refractivity contribution is -0.154. The number of aromatic nitrogens is 3. The van der Waals surface area contributed by atoms with Crippen LogP contribution in [0.15, 0.2) is 24.3 Å². The van der Waals surface area contributed by atoms with Crippen molar-refractivity contribution < 1.29 is 24.2 Å². The Morgan fingerprint density at radius 3 is 2.88 bits per heavy atom. The number of aliphatic hydroxyl groups is 1. The summed E-state index contributed by atoms with van der Waals surface area (Å²) in [7, 11) is 0. The standard InChI is InChI=1S/C23H29N5O5S/c1-4-33-22(32)17-16-9-12(2)23(34-16)18(17)21(31)28(13(3)10-29)19(23)20(30)24-11-27-15-8-6-5-7-14(15)25-26-27/h5-8,12-13,16-19,29H,4,9-11H2,1-3H3,(H,24,30)/t12?,13-,16-,17+,18+,19?,23?/m1/s1. The molecule has 5 rings (SSSR count). The molecule has 0 radical (unpaired) electrons. The number of carbonyl (C=O) groups excluding carboxylic acids is 3.